The van der Waals surface area contributed by atoms with Crippen molar-refractivity contribution >= 4 is 23.2 Å². The summed E-state index contributed by atoms with van der Waals surface area (Å²) in [7, 11) is 2.11. The smallest absolute Gasteiger partial charge is 0.227 e. The predicted octanol–water partition coefficient (Wildman–Crippen LogP) is 2.27. The first-order valence-electron chi connectivity index (χ1n) is 8.45. The molecule has 1 saturated heterocycles. The van der Waals surface area contributed by atoms with Crippen molar-refractivity contribution in [2.45, 2.75) is 32.6 Å². The molecule has 5 nitrogen and oxygen atoms in total. The van der Waals surface area contributed by atoms with E-state index in [9.17, 15) is 9.59 Å². The molecular weight excluding hydrogens is 290 g/mol. The van der Waals surface area contributed by atoms with Gasteiger partial charge in [0, 0.05) is 50.9 Å². The molecule has 0 spiro atoms. The SMILES string of the molecule is CC(=O)N1CCC(C(=O)Nc2ccc3c(c2)CCCN3C)CC1. The van der Waals surface area contributed by atoms with Crippen molar-refractivity contribution in [3.63, 3.8) is 0 Å². The fourth-order valence-electron chi connectivity index (χ4n) is 3.56. The van der Waals surface area contributed by atoms with Crippen LogP contribution in [0.25, 0.3) is 0 Å². The van der Waals surface area contributed by atoms with Gasteiger partial charge in [0.25, 0.3) is 0 Å². The van der Waals surface area contributed by atoms with Crippen LogP contribution in [0.5, 0.6) is 0 Å². The number of anilines is 2. The van der Waals surface area contributed by atoms with E-state index in [1.807, 2.05) is 11.0 Å². The minimum atomic E-state index is 0.00399. The summed E-state index contributed by atoms with van der Waals surface area (Å²) in [5, 5.41) is 3.06. The summed E-state index contributed by atoms with van der Waals surface area (Å²) in [5.74, 6) is 0.185. The van der Waals surface area contributed by atoms with Gasteiger partial charge in [-0.2, -0.15) is 0 Å². The molecule has 0 radical (unpaired) electrons. The van der Waals surface area contributed by atoms with Gasteiger partial charge < -0.3 is 15.1 Å². The van der Waals surface area contributed by atoms with Gasteiger partial charge in [-0.05, 0) is 49.4 Å². The number of likely N-dealkylation sites (tertiary alicyclic amines) is 1. The van der Waals surface area contributed by atoms with Crippen molar-refractivity contribution < 1.29 is 9.59 Å². The number of nitrogens with one attached hydrogen (secondary N) is 1. The minimum absolute atomic E-state index is 0.00399. The molecule has 2 aliphatic heterocycles. The van der Waals surface area contributed by atoms with Crippen LogP contribution in [-0.4, -0.2) is 43.4 Å². The van der Waals surface area contributed by atoms with E-state index in [4.69, 9.17) is 0 Å². The van der Waals surface area contributed by atoms with Crippen molar-refractivity contribution in [3.05, 3.63) is 23.8 Å². The molecule has 0 aliphatic carbocycles. The third-order valence-electron chi connectivity index (χ3n) is 5.01. The summed E-state index contributed by atoms with van der Waals surface area (Å²) in [5.41, 5.74) is 3.46. The van der Waals surface area contributed by atoms with Crippen LogP contribution in [0.15, 0.2) is 18.2 Å². The van der Waals surface area contributed by atoms with Crippen LogP contribution in [0.2, 0.25) is 0 Å². The Labute approximate surface area is 137 Å². The standard InChI is InChI=1S/C18H25N3O2/c1-13(22)21-10-7-14(8-11-21)18(23)19-16-5-6-17-15(12-16)4-3-9-20(17)2/h5-6,12,14H,3-4,7-11H2,1-2H3,(H,19,23). The Morgan fingerprint density at radius 1 is 1.17 bits per heavy atom. The number of aryl methyl sites for hydroxylation is 1. The molecule has 2 amide bonds. The minimum Gasteiger partial charge on any atom is -0.374 e. The van der Waals surface area contributed by atoms with Gasteiger partial charge >= 0.3 is 0 Å². The van der Waals surface area contributed by atoms with Crippen LogP contribution < -0.4 is 10.2 Å². The maximum absolute atomic E-state index is 12.5. The first-order valence-corrected chi connectivity index (χ1v) is 8.45. The Balaban J connectivity index is 1.61. The summed E-state index contributed by atoms with van der Waals surface area (Å²) in [6, 6.07) is 6.19. The van der Waals surface area contributed by atoms with Gasteiger partial charge in [-0.1, -0.05) is 0 Å². The van der Waals surface area contributed by atoms with Gasteiger partial charge in [-0.15, -0.1) is 0 Å². The fraction of sp³-hybridized carbons (Fsp3) is 0.556. The lowest BCUT2D eigenvalue weighted by Gasteiger charge is -2.31. The molecule has 1 aromatic carbocycles. The van der Waals surface area contributed by atoms with Gasteiger partial charge in [0.1, 0.15) is 0 Å². The van der Waals surface area contributed by atoms with Crippen LogP contribution in [0, 0.1) is 5.92 Å². The number of fused-ring (bicyclic) bond motifs is 1. The zero-order valence-electron chi connectivity index (χ0n) is 14.0. The summed E-state index contributed by atoms with van der Waals surface area (Å²) in [4.78, 5) is 27.9. The molecule has 124 valence electrons. The third-order valence-corrected chi connectivity index (χ3v) is 5.01. The lowest BCUT2D eigenvalue weighted by molar-refractivity contribution is -0.132. The highest BCUT2D eigenvalue weighted by molar-refractivity contribution is 5.93. The number of hydrogen-bond acceptors (Lipinski definition) is 3. The number of hydrogen-bond donors (Lipinski definition) is 1. The van der Waals surface area contributed by atoms with Crippen LogP contribution in [0.1, 0.15) is 31.7 Å². The van der Waals surface area contributed by atoms with E-state index in [0.29, 0.717) is 13.1 Å². The van der Waals surface area contributed by atoms with E-state index >= 15 is 0 Å². The van der Waals surface area contributed by atoms with Crippen molar-refractivity contribution in [2.75, 3.05) is 36.9 Å². The number of carbonyl (C=O) groups is 2. The highest BCUT2D eigenvalue weighted by atomic mass is 16.2. The lowest BCUT2D eigenvalue weighted by atomic mass is 9.95. The molecule has 23 heavy (non-hydrogen) atoms. The van der Waals surface area contributed by atoms with Crippen molar-refractivity contribution in [1.82, 2.24) is 4.90 Å². The second kappa shape index (κ2) is 6.60. The molecule has 3 rings (SSSR count). The highest BCUT2D eigenvalue weighted by Crippen LogP contribution is 2.29. The van der Waals surface area contributed by atoms with Gasteiger partial charge in [0.15, 0.2) is 0 Å². The van der Waals surface area contributed by atoms with Crippen molar-refractivity contribution in [2.24, 2.45) is 5.92 Å². The zero-order valence-corrected chi connectivity index (χ0v) is 14.0. The van der Waals surface area contributed by atoms with Crippen LogP contribution in [0.4, 0.5) is 11.4 Å². The monoisotopic (exact) mass is 315 g/mol. The summed E-state index contributed by atoms with van der Waals surface area (Å²) in [6.45, 7) is 4.04. The molecule has 0 atom stereocenters. The normalized spacial score (nSPS) is 18.5. The quantitative estimate of drug-likeness (QED) is 0.911. The second-order valence-corrected chi connectivity index (χ2v) is 6.64. The number of nitrogens with zero attached hydrogens (tertiary/aromatic N) is 2. The molecule has 1 N–H and O–H groups in total. The molecule has 2 aliphatic rings. The molecule has 2 heterocycles. The van der Waals surface area contributed by atoms with Crippen molar-refractivity contribution in [3.8, 4) is 0 Å². The van der Waals surface area contributed by atoms with E-state index in [2.05, 4.69) is 29.4 Å². The molecule has 1 fully saturated rings. The average molecular weight is 315 g/mol. The molecule has 5 heteroatoms. The lowest BCUT2D eigenvalue weighted by Crippen LogP contribution is -2.40. The Bertz CT molecular complexity index is 606. The zero-order chi connectivity index (χ0) is 16.4. The third kappa shape index (κ3) is 3.49. The van der Waals surface area contributed by atoms with E-state index in [-0.39, 0.29) is 17.7 Å². The van der Waals surface area contributed by atoms with Gasteiger partial charge in [-0.25, -0.2) is 0 Å². The highest BCUT2D eigenvalue weighted by Gasteiger charge is 2.26. The van der Waals surface area contributed by atoms with Crippen molar-refractivity contribution in [1.29, 1.82) is 0 Å². The Hall–Kier alpha value is -2.04. The molecule has 0 aromatic heterocycles. The largest absolute Gasteiger partial charge is 0.374 e. The number of amides is 2. The number of benzene rings is 1. The van der Waals surface area contributed by atoms with Gasteiger partial charge in [0.05, 0.1) is 0 Å². The van der Waals surface area contributed by atoms with Crippen LogP contribution in [-0.2, 0) is 16.0 Å². The summed E-state index contributed by atoms with van der Waals surface area (Å²) in [6.07, 6.45) is 3.73. The van der Waals surface area contributed by atoms with E-state index in [0.717, 1.165) is 37.9 Å². The molecule has 0 unspecified atom stereocenters. The van der Waals surface area contributed by atoms with E-state index in [1.165, 1.54) is 11.3 Å². The van der Waals surface area contributed by atoms with Crippen LogP contribution in [0.3, 0.4) is 0 Å². The van der Waals surface area contributed by atoms with E-state index < -0.39 is 0 Å². The molecule has 1 aromatic rings. The molecule has 0 saturated carbocycles. The average Bonchev–Trinajstić information content (AvgIpc) is 2.55. The maximum atomic E-state index is 12.5. The van der Waals surface area contributed by atoms with Gasteiger partial charge in [0.2, 0.25) is 11.8 Å². The summed E-state index contributed by atoms with van der Waals surface area (Å²) >= 11 is 0. The Morgan fingerprint density at radius 2 is 1.91 bits per heavy atom. The molecular formula is C18H25N3O2. The van der Waals surface area contributed by atoms with E-state index in [1.54, 1.807) is 6.92 Å². The fourth-order valence-corrected chi connectivity index (χ4v) is 3.56. The Kier molecular flexibility index (Phi) is 4.55. The maximum Gasteiger partial charge on any atom is 0.227 e. The van der Waals surface area contributed by atoms with Crippen LogP contribution >= 0.6 is 0 Å². The topological polar surface area (TPSA) is 52.7 Å². The summed E-state index contributed by atoms with van der Waals surface area (Å²) < 4.78 is 0. The first-order chi connectivity index (χ1) is 11.0. The van der Waals surface area contributed by atoms with Gasteiger partial charge in [-0.3, -0.25) is 9.59 Å². The second-order valence-electron chi connectivity index (χ2n) is 6.64. The molecule has 0 bridgehead atoms. The number of piperidine rings is 1. The number of rotatable bonds is 2. The first kappa shape index (κ1) is 15.8. The number of carbonyl (C=O) groups excluding carboxylic acids is 2. The Morgan fingerprint density at radius 3 is 2.61 bits per heavy atom. The predicted molar refractivity (Wildman–Crippen MR) is 91.6 cm³/mol.